The molecule has 2 rings (SSSR count). The lowest BCUT2D eigenvalue weighted by molar-refractivity contribution is 0.0684. The second-order valence-electron chi connectivity index (χ2n) is 4.36. The molecule has 2 aromatic heterocycles. The van der Waals surface area contributed by atoms with Crippen molar-refractivity contribution in [2.45, 2.75) is 26.4 Å². The lowest BCUT2D eigenvalue weighted by Gasteiger charge is -2.12. The summed E-state index contributed by atoms with van der Waals surface area (Å²) >= 11 is 0. The maximum absolute atomic E-state index is 11.8. The molecule has 1 N–H and O–H groups in total. The van der Waals surface area contributed by atoms with Crippen molar-refractivity contribution in [1.29, 1.82) is 0 Å². The van der Waals surface area contributed by atoms with Crippen molar-refractivity contribution in [2.24, 2.45) is 0 Å². The molecule has 0 saturated carbocycles. The van der Waals surface area contributed by atoms with Crippen LogP contribution in [0.25, 0.3) is 0 Å². The van der Waals surface area contributed by atoms with Crippen LogP contribution in [0.3, 0.4) is 0 Å². The summed E-state index contributed by atoms with van der Waals surface area (Å²) in [4.78, 5) is 27.0. The second kappa shape index (κ2) is 5.05. The third-order valence-corrected chi connectivity index (χ3v) is 2.70. The van der Waals surface area contributed by atoms with Crippen LogP contribution in [0, 0.1) is 0 Å². The quantitative estimate of drug-likeness (QED) is 0.878. The molecule has 0 spiro atoms. The molecule has 0 aromatic carbocycles. The van der Waals surface area contributed by atoms with Crippen molar-refractivity contribution in [3.8, 4) is 0 Å². The summed E-state index contributed by atoms with van der Waals surface area (Å²) in [7, 11) is 0. The highest BCUT2D eigenvalue weighted by Crippen LogP contribution is 2.07. The van der Waals surface area contributed by atoms with Crippen LogP contribution >= 0.6 is 0 Å². The van der Waals surface area contributed by atoms with Gasteiger partial charge in [-0.2, -0.15) is 5.10 Å². The summed E-state index contributed by atoms with van der Waals surface area (Å²) in [6.45, 7) is 3.95. The predicted octanol–water partition coefficient (Wildman–Crippen LogP) is 0.767. The highest BCUT2D eigenvalue weighted by Gasteiger charge is 2.14. The Morgan fingerprint density at radius 2 is 2.16 bits per heavy atom. The molecule has 0 saturated heterocycles. The molecule has 100 valence electrons. The monoisotopic (exact) mass is 262 g/mol. The first-order valence-corrected chi connectivity index (χ1v) is 5.82. The molecule has 19 heavy (non-hydrogen) atoms. The number of carboxylic acid groups (broad SMARTS) is 1. The van der Waals surface area contributed by atoms with E-state index < -0.39 is 5.97 Å². The van der Waals surface area contributed by atoms with Gasteiger partial charge in [-0.25, -0.2) is 14.5 Å². The van der Waals surface area contributed by atoms with Gasteiger partial charge in [-0.15, -0.1) is 0 Å². The van der Waals surface area contributed by atoms with Crippen molar-refractivity contribution >= 4 is 5.97 Å². The highest BCUT2D eigenvalue weighted by atomic mass is 16.4. The van der Waals surface area contributed by atoms with E-state index in [-0.39, 0.29) is 23.8 Å². The third kappa shape index (κ3) is 2.54. The van der Waals surface area contributed by atoms with E-state index in [1.54, 1.807) is 4.68 Å². The number of hydrogen-bond donors (Lipinski definition) is 1. The number of aromatic nitrogens is 4. The summed E-state index contributed by atoms with van der Waals surface area (Å²) in [5, 5.41) is 13.2. The first-order chi connectivity index (χ1) is 9.00. The number of aromatic carboxylic acids is 1. The number of carboxylic acids is 1. The van der Waals surface area contributed by atoms with Crippen LogP contribution in [0.5, 0.6) is 0 Å². The average Bonchev–Trinajstić information content (AvgIpc) is 2.79. The Morgan fingerprint density at radius 3 is 2.79 bits per heavy atom. The van der Waals surface area contributed by atoms with Crippen molar-refractivity contribution in [2.75, 3.05) is 0 Å². The fourth-order valence-electron chi connectivity index (χ4n) is 1.83. The van der Waals surface area contributed by atoms with Crippen molar-refractivity contribution in [3.05, 3.63) is 46.4 Å². The zero-order chi connectivity index (χ0) is 14.0. The summed E-state index contributed by atoms with van der Waals surface area (Å²) in [5.74, 6) is -0.598. The topological polar surface area (TPSA) is 90.0 Å². The Balaban J connectivity index is 2.46. The van der Waals surface area contributed by atoms with Crippen LogP contribution in [0.2, 0.25) is 0 Å². The van der Waals surface area contributed by atoms with E-state index in [2.05, 4.69) is 10.1 Å². The van der Waals surface area contributed by atoms with Crippen LogP contribution in [0.1, 0.15) is 36.2 Å². The van der Waals surface area contributed by atoms with E-state index in [1.807, 2.05) is 13.8 Å². The molecule has 2 heterocycles. The summed E-state index contributed by atoms with van der Waals surface area (Å²) in [5.41, 5.74) is -0.441. The minimum Gasteiger partial charge on any atom is -0.477 e. The van der Waals surface area contributed by atoms with Gasteiger partial charge < -0.3 is 5.11 Å². The summed E-state index contributed by atoms with van der Waals surface area (Å²) in [6, 6.07) is 4.22. The molecule has 0 aliphatic rings. The van der Waals surface area contributed by atoms with E-state index in [1.165, 1.54) is 29.1 Å². The first kappa shape index (κ1) is 13.0. The van der Waals surface area contributed by atoms with E-state index in [0.29, 0.717) is 5.82 Å². The number of nitrogens with zero attached hydrogens (tertiary/aromatic N) is 4. The van der Waals surface area contributed by atoms with Gasteiger partial charge in [-0.1, -0.05) is 6.07 Å². The normalized spacial score (nSPS) is 10.9. The molecule has 0 amide bonds. The van der Waals surface area contributed by atoms with Crippen LogP contribution in [0.15, 0.2) is 29.3 Å². The Hall–Kier alpha value is -2.44. The smallest absolute Gasteiger partial charge is 0.352 e. The van der Waals surface area contributed by atoms with Crippen LogP contribution in [0.4, 0.5) is 0 Å². The fraction of sp³-hybridized carbons (Fsp3) is 0.333. The maximum Gasteiger partial charge on any atom is 0.352 e. The first-order valence-electron chi connectivity index (χ1n) is 5.82. The van der Waals surface area contributed by atoms with E-state index in [0.717, 1.165) is 0 Å². The van der Waals surface area contributed by atoms with Crippen LogP contribution in [-0.2, 0) is 6.54 Å². The van der Waals surface area contributed by atoms with Gasteiger partial charge >= 0.3 is 5.97 Å². The summed E-state index contributed by atoms with van der Waals surface area (Å²) in [6.07, 6.45) is 1.39. The second-order valence-corrected chi connectivity index (χ2v) is 4.36. The fourth-order valence-corrected chi connectivity index (χ4v) is 1.83. The molecule has 0 bridgehead atoms. The zero-order valence-electron chi connectivity index (χ0n) is 10.6. The van der Waals surface area contributed by atoms with Gasteiger partial charge in [0.1, 0.15) is 17.8 Å². The Labute approximate surface area is 109 Å². The molecule has 7 nitrogen and oxygen atoms in total. The molecule has 0 unspecified atom stereocenters. The molecular formula is C12H14N4O3. The predicted molar refractivity (Wildman–Crippen MR) is 67.2 cm³/mol. The van der Waals surface area contributed by atoms with Crippen LogP contribution < -0.4 is 5.56 Å². The van der Waals surface area contributed by atoms with Gasteiger partial charge in [0.2, 0.25) is 0 Å². The molecule has 2 aromatic rings. The van der Waals surface area contributed by atoms with Gasteiger partial charge in [-0.3, -0.25) is 9.36 Å². The standard InChI is InChI=1S/C12H14N4O3/c1-8(2)16-10(13-7-14-16)6-15-9(12(18)19)4-3-5-11(15)17/h3-5,7-8H,6H2,1-2H3,(H,18,19). The average molecular weight is 262 g/mol. The highest BCUT2D eigenvalue weighted by molar-refractivity contribution is 5.85. The van der Waals surface area contributed by atoms with Gasteiger partial charge in [0.25, 0.3) is 5.56 Å². The van der Waals surface area contributed by atoms with Gasteiger partial charge in [-0.05, 0) is 19.9 Å². The van der Waals surface area contributed by atoms with E-state index in [4.69, 9.17) is 5.11 Å². The third-order valence-electron chi connectivity index (χ3n) is 2.70. The van der Waals surface area contributed by atoms with Crippen molar-refractivity contribution in [3.63, 3.8) is 0 Å². The Kier molecular flexibility index (Phi) is 3.46. The molecule has 0 fully saturated rings. The number of carbonyl (C=O) groups is 1. The minimum absolute atomic E-state index is 0.0641. The van der Waals surface area contributed by atoms with Gasteiger partial charge in [0.15, 0.2) is 0 Å². The van der Waals surface area contributed by atoms with Crippen LogP contribution in [-0.4, -0.2) is 30.4 Å². The zero-order valence-corrected chi connectivity index (χ0v) is 10.6. The Morgan fingerprint density at radius 1 is 1.42 bits per heavy atom. The maximum atomic E-state index is 11.8. The largest absolute Gasteiger partial charge is 0.477 e. The summed E-state index contributed by atoms with van der Waals surface area (Å²) < 4.78 is 2.83. The molecule has 7 heteroatoms. The molecular weight excluding hydrogens is 248 g/mol. The van der Waals surface area contributed by atoms with Gasteiger partial charge in [0, 0.05) is 12.1 Å². The van der Waals surface area contributed by atoms with Crippen molar-refractivity contribution in [1.82, 2.24) is 19.3 Å². The Bertz CT molecular complexity index is 657. The molecule has 0 radical (unpaired) electrons. The number of hydrogen-bond acceptors (Lipinski definition) is 4. The van der Waals surface area contributed by atoms with Gasteiger partial charge in [0.05, 0.1) is 6.54 Å². The SMILES string of the molecule is CC(C)n1ncnc1Cn1c(C(=O)O)cccc1=O. The minimum atomic E-state index is -1.15. The lowest BCUT2D eigenvalue weighted by atomic mass is 10.3. The number of rotatable bonds is 4. The lowest BCUT2D eigenvalue weighted by Crippen LogP contribution is -2.27. The van der Waals surface area contributed by atoms with E-state index >= 15 is 0 Å². The molecule has 0 aliphatic heterocycles. The van der Waals surface area contributed by atoms with Crippen molar-refractivity contribution < 1.29 is 9.90 Å². The molecule has 0 aliphatic carbocycles. The number of pyridine rings is 1. The molecule has 0 atom stereocenters. The van der Waals surface area contributed by atoms with E-state index in [9.17, 15) is 9.59 Å².